The van der Waals surface area contributed by atoms with E-state index < -0.39 is 4.92 Å². The molecule has 0 aliphatic heterocycles. The fourth-order valence-corrected chi connectivity index (χ4v) is 1.74. The van der Waals surface area contributed by atoms with E-state index in [4.69, 9.17) is 4.74 Å². The van der Waals surface area contributed by atoms with Gasteiger partial charge in [0.1, 0.15) is 0 Å². The molecule has 1 fully saturated rings. The van der Waals surface area contributed by atoms with Crippen LogP contribution in [0.1, 0.15) is 25.0 Å². The second kappa shape index (κ2) is 6.47. The normalized spacial score (nSPS) is 14.4. The van der Waals surface area contributed by atoms with Crippen LogP contribution in [0.2, 0.25) is 0 Å². The Labute approximate surface area is 112 Å². The number of pyridine rings is 1. The van der Waals surface area contributed by atoms with Crippen molar-refractivity contribution in [3.8, 4) is 0 Å². The summed E-state index contributed by atoms with van der Waals surface area (Å²) in [4.78, 5) is 14.6. The third kappa shape index (κ3) is 4.48. The lowest BCUT2D eigenvalue weighted by Crippen LogP contribution is -2.09. The molecular weight excluding hydrogens is 246 g/mol. The van der Waals surface area contributed by atoms with Gasteiger partial charge in [-0.1, -0.05) is 0 Å². The Morgan fingerprint density at radius 1 is 1.53 bits per heavy atom. The molecule has 1 saturated carbocycles. The summed E-state index contributed by atoms with van der Waals surface area (Å²) < 4.78 is 5.50. The quantitative estimate of drug-likeness (QED) is 0.444. The lowest BCUT2D eigenvalue weighted by atomic mass is 10.3. The number of rotatable bonds is 8. The molecule has 0 spiro atoms. The number of nitro groups is 1. The smallest absolute Gasteiger partial charge is 0.311 e. The Hall–Kier alpha value is -1.69. The Kier molecular flexibility index (Phi) is 4.68. The second-order valence-corrected chi connectivity index (χ2v) is 4.88. The van der Waals surface area contributed by atoms with E-state index in [1.165, 1.54) is 18.9 Å². The first-order valence-electron chi connectivity index (χ1n) is 6.60. The van der Waals surface area contributed by atoms with E-state index in [1.54, 1.807) is 6.07 Å². The van der Waals surface area contributed by atoms with E-state index in [9.17, 15) is 10.1 Å². The molecule has 104 valence electrons. The number of hydrogen-bond donors (Lipinski definition) is 1. The van der Waals surface area contributed by atoms with Crippen molar-refractivity contribution in [1.82, 2.24) is 4.98 Å². The molecule has 2 rings (SSSR count). The summed E-state index contributed by atoms with van der Waals surface area (Å²) in [5, 5.41) is 13.9. The highest BCUT2D eigenvalue weighted by Gasteiger charge is 2.20. The topological polar surface area (TPSA) is 77.3 Å². The van der Waals surface area contributed by atoms with Crippen molar-refractivity contribution in [2.45, 2.75) is 26.2 Å². The van der Waals surface area contributed by atoms with Crippen LogP contribution in [0.25, 0.3) is 0 Å². The van der Waals surface area contributed by atoms with Gasteiger partial charge >= 0.3 is 5.69 Å². The van der Waals surface area contributed by atoms with Gasteiger partial charge in [-0.2, -0.15) is 0 Å². The summed E-state index contributed by atoms with van der Waals surface area (Å²) in [7, 11) is 0. The van der Waals surface area contributed by atoms with Crippen LogP contribution >= 0.6 is 0 Å². The zero-order valence-corrected chi connectivity index (χ0v) is 11.1. The summed E-state index contributed by atoms with van der Waals surface area (Å²) in [6.45, 7) is 3.97. The first-order chi connectivity index (χ1) is 9.16. The summed E-state index contributed by atoms with van der Waals surface area (Å²) in [6, 6.07) is 3.12. The van der Waals surface area contributed by atoms with Crippen LogP contribution < -0.4 is 5.32 Å². The number of nitrogens with one attached hydrogen (secondary N) is 1. The molecule has 6 heteroatoms. The first kappa shape index (κ1) is 13.7. The van der Waals surface area contributed by atoms with Crippen LogP contribution in [0, 0.1) is 23.0 Å². The molecule has 0 bridgehead atoms. The minimum atomic E-state index is -0.418. The van der Waals surface area contributed by atoms with E-state index in [2.05, 4.69) is 10.3 Å². The number of anilines is 1. The molecule has 6 nitrogen and oxygen atoms in total. The van der Waals surface area contributed by atoms with Crippen LogP contribution in [0.15, 0.2) is 12.1 Å². The van der Waals surface area contributed by atoms with Gasteiger partial charge in [0.2, 0.25) is 5.82 Å². The third-order valence-corrected chi connectivity index (χ3v) is 3.02. The summed E-state index contributed by atoms with van der Waals surface area (Å²) >= 11 is 0. The number of ether oxygens (including phenoxy) is 1. The molecule has 1 aromatic rings. The van der Waals surface area contributed by atoms with Crippen molar-refractivity contribution < 1.29 is 9.66 Å². The average molecular weight is 265 g/mol. The molecule has 0 aromatic carbocycles. The maximum absolute atomic E-state index is 10.9. The van der Waals surface area contributed by atoms with Crippen molar-refractivity contribution in [2.24, 2.45) is 5.92 Å². The van der Waals surface area contributed by atoms with Gasteiger partial charge in [-0.25, -0.2) is 4.98 Å². The lowest BCUT2D eigenvalue weighted by molar-refractivity contribution is -0.384. The zero-order chi connectivity index (χ0) is 13.7. The molecule has 0 amide bonds. The van der Waals surface area contributed by atoms with Crippen molar-refractivity contribution in [1.29, 1.82) is 0 Å². The second-order valence-electron chi connectivity index (χ2n) is 4.88. The summed E-state index contributed by atoms with van der Waals surface area (Å²) in [6.07, 6.45) is 3.40. The van der Waals surface area contributed by atoms with E-state index in [0.29, 0.717) is 19.0 Å². The number of aryl methyl sites for hydroxylation is 1. The van der Waals surface area contributed by atoms with Gasteiger partial charge in [-0.3, -0.25) is 10.1 Å². The highest BCUT2D eigenvalue weighted by atomic mass is 16.6. The Balaban J connectivity index is 1.74. The molecule has 1 heterocycles. The van der Waals surface area contributed by atoms with Gasteiger partial charge in [0, 0.05) is 31.5 Å². The predicted octanol–water partition coefficient (Wildman–Crippen LogP) is 2.53. The molecule has 1 N–H and O–H groups in total. The Bertz CT molecular complexity index is 447. The average Bonchev–Trinajstić information content (AvgIpc) is 3.17. The molecule has 1 aliphatic rings. The summed E-state index contributed by atoms with van der Waals surface area (Å²) in [5.74, 6) is 1.11. The number of aromatic nitrogens is 1. The number of hydrogen-bond acceptors (Lipinski definition) is 5. The predicted molar refractivity (Wildman–Crippen MR) is 72.3 cm³/mol. The summed E-state index contributed by atoms with van der Waals surface area (Å²) in [5.41, 5.74) is 0.780. The maximum Gasteiger partial charge on any atom is 0.311 e. The molecule has 1 aromatic heterocycles. The van der Waals surface area contributed by atoms with Gasteiger partial charge in [-0.15, -0.1) is 0 Å². The Morgan fingerprint density at radius 2 is 2.32 bits per heavy atom. The van der Waals surface area contributed by atoms with Gasteiger partial charge in [0.05, 0.1) is 4.92 Å². The monoisotopic (exact) mass is 265 g/mol. The van der Waals surface area contributed by atoms with Crippen molar-refractivity contribution in [3.63, 3.8) is 0 Å². The molecule has 0 saturated heterocycles. The van der Waals surface area contributed by atoms with Crippen LogP contribution in [0.3, 0.4) is 0 Å². The van der Waals surface area contributed by atoms with E-state index in [1.807, 2.05) is 6.92 Å². The van der Waals surface area contributed by atoms with Crippen molar-refractivity contribution >= 4 is 11.5 Å². The van der Waals surface area contributed by atoms with Gasteiger partial charge in [-0.05, 0) is 38.2 Å². The minimum Gasteiger partial charge on any atom is -0.381 e. The standard InChI is InChI=1S/C13H19N3O3/c1-10-3-6-12(16(17)18)13(15-10)14-7-2-8-19-9-11-4-5-11/h3,6,11H,2,4-5,7-9H2,1H3,(H,14,15). The fraction of sp³-hybridized carbons (Fsp3) is 0.615. The molecule has 0 unspecified atom stereocenters. The van der Waals surface area contributed by atoms with Crippen molar-refractivity contribution in [2.75, 3.05) is 25.1 Å². The number of nitrogens with zero attached hydrogens (tertiary/aromatic N) is 2. The largest absolute Gasteiger partial charge is 0.381 e. The van der Waals surface area contributed by atoms with Crippen molar-refractivity contribution in [3.05, 3.63) is 27.9 Å². The third-order valence-electron chi connectivity index (χ3n) is 3.02. The zero-order valence-electron chi connectivity index (χ0n) is 11.1. The highest BCUT2D eigenvalue weighted by Crippen LogP contribution is 2.28. The molecule has 0 atom stereocenters. The van der Waals surface area contributed by atoms with E-state index in [0.717, 1.165) is 24.6 Å². The lowest BCUT2D eigenvalue weighted by Gasteiger charge is -2.07. The van der Waals surface area contributed by atoms with E-state index in [-0.39, 0.29) is 5.69 Å². The van der Waals surface area contributed by atoms with Gasteiger partial charge in [0.15, 0.2) is 0 Å². The minimum absolute atomic E-state index is 0.0181. The van der Waals surface area contributed by atoms with Crippen LogP contribution in [0.5, 0.6) is 0 Å². The van der Waals surface area contributed by atoms with Crippen LogP contribution in [0.4, 0.5) is 11.5 Å². The SMILES string of the molecule is Cc1ccc([N+](=O)[O-])c(NCCCOCC2CC2)n1. The molecular formula is C13H19N3O3. The van der Waals surface area contributed by atoms with Crippen LogP contribution in [-0.4, -0.2) is 29.7 Å². The van der Waals surface area contributed by atoms with Gasteiger partial charge < -0.3 is 10.1 Å². The highest BCUT2D eigenvalue weighted by molar-refractivity contribution is 5.55. The fourth-order valence-electron chi connectivity index (χ4n) is 1.74. The first-order valence-corrected chi connectivity index (χ1v) is 6.60. The van der Waals surface area contributed by atoms with Crippen LogP contribution in [-0.2, 0) is 4.74 Å². The molecule has 0 radical (unpaired) electrons. The maximum atomic E-state index is 10.9. The molecule has 1 aliphatic carbocycles. The van der Waals surface area contributed by atoms with E-state index >= 15 is 0 Å². The van der Waals surface area contributed by atoms with Gasteiger partial charge in [0.25, 0.3) is 0 Å². The molecule has 19 heavy (non-hydrogen) atoms. The Morgan fingerprint density at radius 3 is 3.00 bits per heavy atom.